The van der Waals surface area contributed by atoms with Crippen molar-refractivity contribution >= 4 is 18.4 Å². The number of aryl methyl sites for hydroxylation is 1. The molecule has 0 unspecified atom stereocenters. The van der Waals surface area contributed by atoms with Crippen molar-refractivity contribution in [1.29, 1.82) is 0 Å². The van der Waals surface area contributed by atoms with Gasteiger partial charge >= 0.3 is 0 Å². The highest BCUT2D eigenvalue weighted by molar-refractivity contribution is 7.71. The summed E-state index contributed by atoms with van der Waals surface area (Å²) in [5, 5.41) is 10.5. The molecule has 0 aliphatic carbocycles. The standard InChI is InChI=1S/C18H24N4O3S/c1-4-5-6-7-10-25-15-9-8-14(11-16(15)24-3)12-19-22-17(23)13(2)20-21-18(22)26/h8-9,11-12H,4-7,10H2,1-3H3,(H,21,26)/b19-12-. The first kappa shape index (κ1) is 19.8. The van der Waals surface area contributed by atoms with E-state index < -0.39 is 0 Å². The Bertz CT molecular complexity index is 873. The zero-order valence-corrected chi connectivity index (χ0v) is 16.1. The Labute approximate surface area is 157 Å². The summed E-state index contributed by atoms with van der Waals surface area (Å²) in [5.41, 5.74) is 0.695. The molecule has 26 heavy (non-hydrogen) atoms. The van der Waals surface area contributed by atoms with Gasteiger partial charge in [-0.25, -0.2) is 0 Å². The molecule has 0 spiro atoms. The van der Waals surface area contributed by atoms with Crippen LogP contribution in [0.5, 0.6) is 11.5 Å². The minimum absolute atomic E-state index is 0.135. The van der Waals surface area contributed by atoms with Gasteiger partial charge in [0.2, 0.25) is 4.77 Å². The second-order valence-corrected chi connectivity index (χ2v) is 6.18. The van der Waals surface area contributed by atoms with E-state index in [0.717, 1.165) is 23.1 Å². The summed E-state index contributed by atoms with van der Waals surface area (Å²) in [5.74, 6) is 1.31. The highest BCUT2D eigenvalue weighted by Gasteiger charge is 2.06. The van der Waals surface area contributed by atoms with E-state index in [9.17, 15) is 4.79 Å². The van der Waals surface area contributed by atoms with Crippen molar-refractivity contribution in [3.8, 4) is 11.5 Å². The predicted octanol–water partition coefficient (Wildman–Crippen LogP) is 3.46. The van der Waals surface area contributed by atoms with Crippen LogP contribution in [-0.2, 0) is 0 Å². The number of rotatable bonds is 9. The van der Waals surface area contributed by atoms with Crippen molar-refractivity contribution < 1.29 is 9.47 Å². The second-order valence-electron chi connectivity index (χ2n) is 5.80. The lowest BCUT2D eigenvalue weighted by Gasteiger charge is -2.11. The highest BCUT2D eigenvalue weighted by atomic mass is 32.1. The number of aromatic nitrogens is 3. The van der Waals surface area contributed by atoms with Crippen molar-refractivity contribution in [2.24, 2.45) is 5.10 Å². The fourth-order valence-electron chi connectivity index (χ4n) is 2.30. The topological polar surface area (TPSA) is 81.5 Å². The number of ether oxygens (including phenoxy) is 2. The molecule has 140 valence electrons. The number of aromatic amines is 1. The van der Waals surface area contributed by atoms with E-state index in [-0.39, 0.29) is 10.3 Å². The first-order chi connectivity index (χ1) is 12.6. The molecule has 1 N–H and O–H groups in total. The molecular formula is C18H24N4O3S. The van der Waals surface area contributed by atoms with Crippen molar-refractivity contribution in [1.82, 2.24) is 14.9 Å². The van der Waals surface area contributed by atoms with Crippen LogP contribution in [0.4, 0.5) is 0 Å². The van der Waals surface area contributed by atoms with Crippen LogP contribution in [0.15, 0.2) is 28.1 Å². The van der Waals surface area contributed by atoms with Crippen LogP contribution in [-0.4, -0.2) is 34.8 Å². The van der Waals surface area contributed by atoms with Crippen LogP contribution in [0.2, 0.25) is 0 Å². The Hall–Kier alpha value is -2.48. The Balaban J connectivity index is 2.13. The number of benzene rings is 1. The van der Waals surface area contributed by atoms with E-state index in [1.165, 1.54) is 19.1 Å². The van der Waals surface area contributed by atoms with Gasteiger partial charge < -0.3 is 9.47 Å². The molecule has 0 saturated heterocycles. The number of H-pyrrole nitrogens is 1. The molecule has 0 aliphatic rings. The van der Waals surface area contributed by atoms with Crippen LogP contribution < -0.4 is 15.0 Å². The Morgan fingerprint density at radius 3 is 2.85 bits per heavy atom. The van der Waals surface area contributed by atoms with Crippen LogP contribution in [0.25, 0.3) is 0 Å². The number of hydrogen-bond donors (Lipinski definition) is 1. The molecule has 8 heteroatoms. The molecule has 2 rings (SSSR count). The molecule has 0 saturated carbocycles. The summed E-state index contributed by atoms with van der Waals surface area (Å²) >= 11 is 5.05. The number of nitrogens with zero attached hydrogens (tertiary/aromatic N) is 3. The van der Waals surface area contributed by atoms with Gasteiger partial charge in [-0.15, -0.1) is 0 Å². The summed E-state index contributed by atoms with van der Waals surface area (Å²) in [7, 11) is 1.59. The third kappa shape index (κ3) is 5.26. The maximum Gasteiger partial charge on any atom is 0.296 e. The summed E-state index contributed by atoms with van der Waals surface area (Å²) < 4.78 is 12.4. The van der Waals surface area contributed by atoms with Gasteiger partial charge in [-0.3, -0.25) is 9.89 Å². The number of unbranched alkanes of at least 4 members (excludes halogenated alkanes) is 3. The first-order valence-electron chi connectivity index (χ1n) is 8.60. The van der Waals surface area contributed by atoms with E-state index >= 15 is 0 Å². The molecule has 7 nitrogen and oxygen atoms in total. The quantitative estimate of drug-likeness (QED) is 0.412. The average molecular weight is 376 g/mol. The predicted molar refractivity (Wildman–Crippen MR) is 104 cm³/mol. The van der Waals surface area contributed by atoms with Crippen molar-refractivity contribution in [3.63, 3.8) is 0 Å². The first-order valence-corrected chi connectivity index (χ1v) is 9.01. The molecular weight excluding hydrogens is 352 g/mol. The summed E-state index contributed by atoms with van der Waals surface area (Å²) in [6.45, 7) is 4.43. The molecule has 2 aromatic rings. The van der Waals surface area contributed by atoms with Gasteiger partial charge in [0, 0.05) is 0 Å². The zero-order chi connectivity index (χ0) is 18.9. The Kier molecular flexibility index (Phi) is 7.53. The number of methoxy groups -OCH3 is 1. The Morgan fingerprint density at radius 1 is 1.31 bits per heavy atom. The third-order valence-electron chi connectivity index (χ3n) is 3.78. The number of nitrogens with one attached hydrogen (secondary N) is 1. The molecule has 0 radical (unpaired) electrons. The van der Waals surface area contributed by atoms with Crippen LogP contribution in [0, 0.1) is 11.7 Å². The van der Waals surface area contributed by atoms with Crippen LogP contribution in [0.3, 0.4) is 0 Å². The minimum atomic E-state index is -0.357. The van der Waals surface area contributed by atoms with E-state index in [4.69, 9.17) is 21.7 Å². The lowest BCUT2D eigenvalue weighted by Crippen LogP contribution is -2.22. The van der Waals surface area contributed by atoms with E-state index in [1.807, 2.05) is 12.1 Å². The molecule has 1 aromatic carbocycles. The summed E-state index contributed by atoms with van der Waals surface area (Å²) in [6, 6.07) is 5.48. The van der Waals surface area contributed by atoms with Crippen molar-refractivity contribution in [2.45, 2.75) is 39.5 Å². The van der Waals surface area contributed by atoms with Crippen molar-refractivity contribution in [2.75, 3.05) is 13.7 Å². The molecule has 0 amide bonds. The minimum Gasteiger partial charge on any atom is -0.493 e. The highest BCUT2D eigenvalue weighted by Crippen LogP contribution is 2.27. The smallest absolute Gasteiger partial charge is 0.296 e. The van der Waals surface area contributed by atoms with E-state index in [0.29, 0.717) is 23.8 Å². The van der Waals surface area contributed by atoms with Gasteiger partial charge in [0.25, 0.3) is 5.56 Å². The lowest BCUT2D eigenvalue weighted by molar-refractivity contribution is 0.285. The molecule has 0 atom stereocenters. The van der Waals surface area contributed by atoms with Crippen LogP contribution >= 0.6 is 12.2 Å². The van der Waals surface area contributed by atoms with Crippen molar-refractivity contribution in [3.05, 3.63) is 44.6 Å². The van der Waals surface area contributed by atoms with Gasteiger partial charge in [-0.1, -0.05) is 26.2 Å². The van der Waals surface area contributed by atoms with Gasteiger partial charge in [-0.05, 0) is 49.3 Å². The van der Waals surface area contributed by atoms with Crippen LogP contribution in [0.1, 0.15) is 43.9 Å². The molecule has 0 fully saturated rings. The second kappa shape index (κ2) is 9.86. The molecule has 1 aromatic heterocycles. The van der Waals surface area contributed by atoms with Gasteiger partial charge in [0.1, 0.15) is 5.69 Å². The largest absolute Gasteiger partial charge is 0.493 e. The lowest BCUT2D eigenvalue weighted by atomic mass is 10.2. The molecule has 0 aliphatic heterocycles. The number of hydrogen-bond acceptors (Lipinski definition) is 6. The fraction of sp³-hybridized carbons (Fsp3) is 0.444. The monoisotopic (exact) mass is 376 g/mol. The summed E-state index contributed by atoms with van der Waals surface area (Å²) in [6.07, 6.45) is 6.12. The third-order valence-corrected chi connectivity index (χ3v) is 4.04. The Morgan fingerprint density at radius 2 is 2.12 bits per heavy atom. The maximum absolute atomic E-state index is 12.0. The zero-order valence-electron chi connectivity index (χ0n) is 15.3. The SMILES string of the molecule is CCCCCCOc1ccc(/C=N\n2c(=S)[nH]nc(C)c2=O)cc1OC. The van der Waals surface area contributed by atoms with Gasteiger partial charge in [0.15, 0.2) is 11.5 Å². The molecule has 1 heterocycles. The van der Waals surface area contributed by atoms with E-state index in [2.05, 4.69) is 22.2 Å². The van der Waals surface area contributed by atoms with Gasteiger partial charge in [-0.2, -0.15) is 14.9 Å². The normalized spacial score (nSPS) is 11.0. The average Bonchev–Trinajstić information content (AvgIpc) is 2.65. The molecule has 0 bridgehead atoms. The maximum atomic E-state index is 12.0. The fourth-order valence-corrected chi connectivity index (χ4v) is 2.47. The summed E-state index contributed by atoms with van der Waals surface area (Å²) in [4.78, 5) is 12.0. The van der Waals surface area contributed by atoms with E-state index in [1.54, 1.807) is 20.1 Å². The van der Waals surface area contributed by atoms with Gasteiger partial charge in [0.05, 0.1) is 19.9 Å².